The van der Waals surface area contributed by atoms with Crippen LogP contribution in [0.15, 0.2) is 48.5 Å². The van der Waals surface area contributed by atoms with Gasteiger partial charge < -0.3 is 19.3 Å². The van der Waals surface area contributed by atoms with Crippen LogP contribution >= 0.6 is 0 Å². The Hall–Kier alpha value is -3.35. The summed E-state index contributed by atoms with van der Waals surface area (Å²) >= 11 is 0. The topological polar surface area (TPSA) is 76.1 Å². The van der Waals surface area contributed by atoms with Gasteiger partial charge in [0.05, 0.1) is 5.56 Å². The molecule has 7 nitrogen and oxygen atoms in total. The normalized spacial score (nSPS) is 17.7. The van der Waals surface area contributed by atoms with Crippen molar-refractivity contribution in [1.82, 2.24) is 9.80 Å². The summed E-state index contributed by atoms with van der Waals surface area (Å²) in [5.74, 6) is 0.715. The molecule has 0 bridgehead atoms. The van der Waals surface area contributed by atoms with Crippen LogP contribution in [0.1, 0.15) is 41.6 Å². The Labute approximate surface area is 195 Å². The molecule has 1 aliphatic carbocycles. The molecule has 2 aromatic carbocycles. The zero-order valence-corrected chi connectivity index (χ0v) is 19.7. The van der Waals surface area contributed by atoms with Gasteiger partial charge >= 0.3 is 12.2 Å². The number of hydrogen-bond donors (Lipinski definition) is 0. The van der Waals surface area contributed by atoms with Crippen LogP contribution in [-0.4, -0.2) is 56.0 Å². The Morgan fingerprint density at radius 3 is 2.03 bits per heavy atom. The van der Waals surface area contributed by atoms with Gasteiger partial charge in [0.1, 0.15) is 11.5 Å². The van der Waals surface area contributed by atoms with Gasteiger partial charge in [0, 0.05) is 40.2 Å². The molecule has 0 N–H and O–H groups in total. The van der Waals surface area contributed by atoms with E-state index in [-0.39, 0.29) is 23.2 Å². The Bertz CT molecular complexity index is 979. The molecule has 1 fully saturated rings. The molecule has 7 heteroatoms. The number of carbonyl (C=O) groups is 3. The zero-order chi connectivity index (χ0) is 24.0. The second-order valence-electron chi connectivity index (χ2n) is 8.95. The molecule has 0 saturated heterocycles. The van der Waals surface area contributed by atoms with E-state index in [4.69, 9.17) is 9.47 Å². The van der Waals surface area contributed by atoms with Gasteiger partial charge in [0.25, 0.3) is 0 Å². The molecule has 176 valence electrons. The molecule has 1 saturated carbocycles. The fraction of sp³-hybridized carbons (Fsp3) is 0.423. The Morgan fingerprint density at radius 2 is 1.42 bits per heavy atom. The van der Waals surface area contributed by atoms with E-state index in [1.54, 1.807) is 40.3 Å². The van der Waals surface area contributed by atoms with Crippen molar-refractivity contribution in [2.45, 2.75) is 32.1 Å². The van der Waals surface area contributed by atoms with Crippen LogP contribution in [0.5, 0.6) is 11.5 Å². The number of hydrogen-bond acceptors (Lipinski definition) is 5. The summed E-state index contributed by atoms with van der Waals surface area (Å²) in [6.07, 6.45) is 3.43. The van der Waals surface area contributed by atoms with E-state index in [0.29, 0.717) is 11.5 Å². The van der Waals surface area contributed by atoms with Crippen molar-refractivity contribution >= 4 is 18.0 Å². The van der Waals surface area contributed by atoms with E-state index < -0.39 is 12.2 Å². The van der Waals surface area contributed by atoms with E-state index in [1.807, 2.05) is 6.07 Å². The standard InChI is InChI=1S/C26H32N2O5/c1-27(2)25(30)32-21-14-15-22(23(17-21)33-26(31)28(3)4)24(29)20-12-10-19(11-13-20)16-18-8-6-5-7-9-18/h5-9,14-15,17,19-20H,10-13,16H2,1-4H3. The van der Waals surface area contributed by atoms with Crippen LogP contribution in [0.3, 0.4) is 0 Å². The van der Waals surface area contributed by atoms with Crippen LogP contribution in [0, 0.1) is 11.8 Å². The minimum Gasteiger partial charge on any atom is -0.410 e. The van der Waals surface area contributed by atoms with Crippen molar-refractivity contribution in [1.29, 1.82) is 0 Å². The molecule has 1 aliphatic rings. The molecule has 0 aliphatic heterocycles. The van der Waals surface area contributed by atoms with Crippen molar-refractivity contribution in [3.8, 4) is 11.5 Å². The zero-order valence-electron chi connectivity index (χ0n) is 19.7. The molecule has 0 heterocycles. The Morgan fingerprint density at radius 1 is 0.818 bits per heavy atom. The summed E-state index contributed by atoms with van der Waals surface area (Å²) in [5.41, 5.74) is 1.66. The van der Waals surface area contributed by atoms with Gasteiger partial charge in [-0.1, -0.05) is 30.3 Å². The van der Waals surface area contributed by atoms with Crippen molar-refractivity contribution in [2.75, 3.05) is 28.2 Å². The number of benzene rings is 2. The average molecular weight is 453 g/mol. The smallest absolute Gasteiger partial charge is 0.410 e. The van der Waals surface area contributed by atoms with Gasteiger partial charge in [0.15, 0.2) is 5.78 Å². The first kappa shape index (κ1) is 24.3. The largest absolute Gasteiger partial charge is 0.414 e. The fourth-order valence-corrected chi connectivity index (χ4v) is 4.03. The second kappa shape index (κ2) is 11.0. The summed E-state index contributed by atoms with van der Waals surface area (Å²) in [6.45, 7) is 0. The van der Waals surface area contributed by atoms with E-state index >= 15 is 0 Å². The minimum atomic E-state index is -0.605. The number of amides is 2. The Kier molecular flexibility index (Phi) is 8.09. The first-order valence-corrected chi connectivity index (χ1v) is 11.2. The summed E-state index contributed by atoms with van der Waals surface area (Å²) in [6, 6.07) is 15.0. The van der Waals surface area contributed by atoms with Gasteiger partial charge in [-0.2, -0.15) is 0 Å². The number of rotatable bonds is 6. The first-order chi connectivity index (χ1) is 15.7. The maximum atomic E-state index is 13.4. The van der Waals surface area contributed by atoms with E-state index in [1.165, 1.54) is 21.4 Å². The van der Waals surface area contributed by atoms with Crippen LogP contribution in [0.25, 0.3) is 0 Å². The van der Waals surface area contributed by atoms with Crippen LogP contribution in [-0.2, 0) is 6.42 Å². The monoisotopic (exact) mass is 452 g/mol. The number of Topliss-reactive ketones (excluding diaryl/α,β-unsaturated/α-hetero) is 1. The first-order valence-electron chi connectivity index (χ1n) is 11.2. The SMILES string of the molecule is CN(C)C(=O)Oc1ccc(C(=O)C2CCC(Cc3ccccc3)CC2)c(OC(=O)N(C)C)c1. The highest BCUT2D eigenvalue weighted by Crippen LogP contribution is 2.36. The van der Waals surface area contributed by atoms with Crippen molar-refractivity contribution < 1.29 is 23.9 Å². The van der Waals surface area contributed by atoms with Crippen LogP contribution in [0.2, 0.25) is 0 Å². The molecule has 0 radical (unpaired) electrons. The van der Waals surface area contributed by atoms with Gasteiger partial charge in [-0.15, -0.1) is 0 Å². The molecule has 33 heavy (non-hydrogen) atoms. The predicted molar refractivity (Wildman–Crippen MR) is 126 cm³/mol. The van der Waals surface area contributed by atoms with E-state index in [9.17, 15) is 14.4 Å². The molecule has 2 aromatic rings. The van der Waals surface area contributed by atoms with Crippen LogP contribution < -0.4 is 9.47 Å². The highest BCUT2D eigenvalue weighted by atomic mass is 16.6. The highest BCUT2D eigenvalue weighted by Gasteiger charge is 2.29. The minimum absolute atomic E-state index is 0.0415. The van der Waals surface area contributed by atoms with Crippen molar-refractivity contribution in [2.24, 2.45) is 11.8 Å². The molecular weight excluding hydrogens is 420 g/mol. The number of nitrogens with zero attached hydrogens (tertiary/aromatic N) is 2. The number of carbonyl (C=O) groups excluding carboxylic acids is 3. The quantitative estimate of drug-likeness (QED) is 0.574. The van der Waals surface area contributed by atoms with Crippen molar-refractivity contribution in [3.63, 3.8) is 0 Å². The van der Waals surface area contributed by atoms with Gasteiger partial charge in [-0.05, 0) is 55.7 Å². The maximum Gasteiger partial charge on any atom is 0.414 e. The molecule has 0 aromatic heterocycles. The third-order valence-corrected chi connectivity index (χ3v) is 5.94. The van der Waals surface area contributed by atoms with Gasteiger partial charge in [-0.25, -0.2) is 9.59 Å². The van der Waals surface area contributed by atoms with Crippen molar-refractivity contribution in [3.05, 3.63) is 59.7 Å². The van der Waals surface area contributed by atoms with Crippen LogP contribution in [0.4, 0.5) is 9.59 Å². The van der Waals surface area contributed by atoms with Gasteiger partial charge in [-0.3, -0.25) is 4.79 Å². The maximum absolute atomic E-state index is 13.4. The van der Waals surface area contributed by atoms with Gasteiger partial charge in [0.2, 0.25) is 0 Å². The lowest BCUT2D eigenvalue weighted by Gasteiger charge is -2.28. The third kappa shape index (κ3) is 6.57. The lowest BCUT2D eigenvalue weighted by Crippen LogP contribution is -2.28. The average Bonchev–Trinajstić information content (AvgIpc) is 2.80. The van der Waals surface area contributed by atoms with E-state index in [0.717, 1.165) is 32.1 Å². The molecule has 2 amide bonds. The Balaban J connectivity index is 1.72. The summed E-state index contributed by atoms with van der Waals surface area (Å²) in [4.78, 5) is 40.0. The molecule has 0 atom stereocenters. The predicted octanol–water partition coefficient (Wildman–Crippen LogP) is 5.04. The second-order valence-corrected chi connectivity index (χ2v) is 8.95. The third-order valence-electron chi connectivity index (χ3n) is 5.94. The molecular formula is C26H32N2O5. The summed E-state index contributed by atoms with van der Waals surface area (Å²) in [5, 5.41) is 0. The van der Waals surface area contributed by atoms with E-state index in [2.05, 4.69) is 24.3 Å². The lowest BCUT2D eigenvalue weighted by atomic mass is 9.76. The lowest BCUT2D eigenvalue weighted by molar-refractivity contribution is 0.0869. The summed E-state index contributed by atoms with van der Waals surface area (Å²) < 4.78 is 10.7. The highest BCUT2D eigenvalue weighted by molar-refractivity contribution is 6.01. The summed E-state index contributed by atoms with van der Waals surface area (Å²) in [7, 11) is 6.27. The fourth-order valence-electron chi connectivity index (χ4n) is 4.03. The number of ketones is 1. The number of ether oxygens (including phenoxy) is 2. The molecule has 3 rings (SSSR count). The molecule has 0 unspecified atom stereocenters. The molecule has 0 spiro atoms.